The zero-order chi connectivity index (χ0) is 21.3. The molecule has 31 heavy (non-hydrogen) atoms. The minimum Gasteiger partial charge on any atom is -0.490 e. The van der Waals surface area contributed by atoms with Gasteiger partial charge in [-0.2, -0.15) is 0 Å². The Bertz CT molecular complexity index is 1000. The van der Waals surface area contributed by atoms with E-state index in [0.29, 0.717) is 13.2 Å². The zero-order valence-electron chi connectivity index (χ0n) is 17.9. The molecule has 0 aliphatic rings. The van der Waals surface area contributed by atoms with Gasteiger partial charge >= 0.3 is 0 Å². The third-order valence-electron chi connectivity index (χ3n) is 5.28. The Morgan fingerprint density at radius 1 is 0.581 bits per heavy atom. The van der Waals surface area contributed by atoms with Crippen molar-refractivity contribution in [3.05, 3.63) is 115 Å². The van der Waals surface area contributed by atoms with Crippen molar-refractivity contribution in [2.45, 2.75) is 19.4 Å². The second kappa shape index (κ2) is 10.6. The molecule has 4 aromatic rings. The first kappa shape index (κ1) is 20.9. The maximum atomic E-state index is 6.35. The first-order valence-corrected chi connectivity index (χ1v) is 10.8. The number of hydrogen-bond acceptors (Lipinski definition) is 2. The second-order valence-corrected chi connectivity index (χ2v) is 7.63. The summed E-state index contributed by atoms with van der Waals surface area (Å²) in [4.78, 5) is 0. The summed E-state index contributed by atoms with van der Waals surface area (Å²) in [6.45, 7) is 3.16. The number of para-hydroxylation sites is 1. The summed E-state index contributed by atoms with van der Waals surface area (Å²) >= 11 is 0. The molecule has 0 aliphatic carbocycles. The number of hydrogen-bond donors (Lipinski definition) is 0. The summed E-state index contributed by atoms with van der Waals surface area (Å²) < 4.78 is 12.4. The lowest BCUT2D eigenvalue weighted by atomic mass is 9.97. The molecule has 0 saturated heterocycles. The van der Waals surface area contributed by atoms with Gasteiger partial charge in [-0.15, -0.1) is 0 Å². The monoisotopic (exact) mass is 408 g/mol. The van der Waals surface area contributed by atoms with Crippen LogP contribution in [0, 0.1) is 0 Å². The predicted octanol–water partition coefficient (Wildman–Crippen LogP) is 7.05. The Morgan fingerprint density at radius 2 is 1.10 bits per heavy atom. The SMILES string of the molecule is CC(Cc1ccccc1)OCCOc1c(-c2ccccc2)cccc1-c1ccccc1. The number of ether oxygens (including phenoxy) is 2. The molecule has 1 atom stereocenters. The van der Waals surface area contributed by atoms with E-state index in [1.54, 1.807) is 0 Å². The van der Waals surface area contributed by atoms with E-state index in [9.17, 15) is 0 Å². The van der Waals surface area contributed by atoms with Crippen molar-refractivity contribution in [3.8, 4) is 28.0 Å². The van der Waals surface area contributed by atoms with Gasteiger partial charge in [0, 0.05) is 11.1 Å². The Hall–Kier alpha value is -3.36. The maximum Gasteiger partial charge on any atom is 0.135 e. The van der Waals surface area contributed by atoms with Gasteiger partial charge in [0.2, 0.25) is 0 Å². The van der Waals surface area contributed by atoms with Crippen LogP contribution < -0.4 is 4.74 Å². The van der Waals surface area contributed by atoms with E-state index < -0.39 is 0 Å². The van der Waals surface area contributed by atoms with Crippen LogP contribution in [0.25, 0.3) is 22.3 Å². The third-order valence-corrected chi connectivity index (χ3v) is 5.28. The summed E-state index contributed by atoms with van der Waals surface area (Å²) in [5, 5.41) is 0. The molecular formula is C29H28O2. The fraction of sp³-hybridized carbons (Fsp3) is 0.172. The lowest BCUT2D eigenvalue weighted by Crippen LogP contribution is -2.16. The topological polar surface area (TPSA) is 18.5 Å². The first-order chi connectivity index (χ1) is 15.3. The molecule has 4 rings (SSSR count). The molecule has 0 amide bonds. The van der Waals surface area contributed by atoms with Crippen molar-refractivity contribution in [1.82, 2.24) is 0 Å². The molecule has 156 valence electrons. The van der Waals surface area contributed by atoms with Crippen molar-refractivity contribution in [1.29, 1.82) is 0 Å². The van der Waals surface area contributed by atoms with Crippen LogP contribution in [0.15, 0.2) is 109 Å². The standard InChI is InChI=1S/C29H28O2/c1-23(22-24-12-5-2-6-13-24)30-20-21-31-29-27(25-14-7-3-8-15-25)18-11-19-28(29)26-16-9-4-10-17-26/h2-19,23H,20-22H2,1H3. The summed E-state index contributed by atoms with van der Waals surface area (Å²) in [6, 6.07) is 37.6. The van der Waals surface area contributed by atoms with Gasteiger partial charge in [0.25, 0.3) is 0 Å². The van der Waals surface area contributed by atoms with Gasteiger partial charge in [0.15, 0.2) is 0 Å². The summed E-state index contributed by atoms with van der Waals surface area (Å²) in [5.74, 6) is 0.902. The minimum absolute atomic E-state index is 0.143. The van der Waals surface area contributed by atoms with Crippen molar-refractivity contribution in [2.24, 2.45) is 0 Å². The molecule has 0 aromatic heterocycles. The molecule has 0 spiro atoms. The van der Waals surface area contributed by atoms with Crippen molar-refractivity contribution < 1.29 is 9.47 Å². The van der Waals surface area contributed by atoms with Crippen LogP contribution in [0.3, 0.4) is 0 Å². The Kier molecular flexibility index (Phi) is 7.15. The molecule has 1 unspecified atom stereocenters. The van der Waals surface area contributed by atoms with Gasteiger partial charge in [-0.05, 0) is 30.0 Å². The molecule has 2 heteroatoms. The smallest absolute Gasteiger partial charge is 0.135 e. The van der Waals surface area contributed by atoms with Gasteiger partial charge in [0.1, 0.15) is 12.4 Å². The molecule has 2 nitrogen and oxygen atoms in total. The van der Waals surface area contributed by atoms with E-state index in [1.807, 2.05) is 18.2 Å². The van der Waals surface area contributed by atoms with Gasteiger partial charge in [0.05, 0.1) is 12.7 Å². The average Bonchev–Trinajstić information content (AvgIpc) is 2.83. The quantitative estimate of drug-likeness (QED) is 0.276. The van der Waals surface area contributed by atoms with Crippen LogP contribution in [0.1, 0.15) is 12.5 Å². The summed E-state index contributed by atoms with van der Waals surface area (Å²) in [5.41, 5.74) is 5.78. The lowest BCUT2D eigenvalue weighted by molar-refractivity contribution is 0.0452. The first-order valence-electron chi connectivity index (χ1n) is 10.8. The largest absolute Gasteiger partial charge is 0.490 e. The van der Waals surface area contributed by atoms with Crippen LogP contribution in [0.4, 0.5) is 0 Å². The molecule has 0 saturated carbocycles. The van der Waals surface area contributed by atoms with E-state index in [2.05, 4.69) is 97.9 Å². The van der Waals surface area contributed by atoms with Gasteiger partial charge < -0.3 is 9.47 Å². The van der Waals surface area contributed by atoms with Gasteiger partial charge in [-0.3, -0.25) is 0 Å². The minimum atomic E-state index is 0.143. The normalized spacial score (nSPS) is 11.8. The molecule has 4 aromatic carbocycles. The molecule has 0 aliphatic heterocycles. The highest BCUT2D eigenvalue weighted by Crippen LogP contribution is 2.38. The van der Waals surface area contributed by atoms with E-state index in [4.69, 9.17) is 9.47 Å². The van der Waals surface area contributed by atoms with E-state index in [1.165, 1.54) is 5.56 Å². The molecular weight excluding hydrogens is 380 g/mol. The third kappa shape index (κ3) is 5.62. The fourth-order valence-corrected chi connectivity index (χ4v) is 3.78. The van der Waals surface area contributed by atoms with Gasteiger partial charge in [-0.1, -0.05) is 109 Å². The highest BCUT2D eigenvalue weighted by molar-refractivity contribution is 5.82. The number of rotatable bonds is 9. The summed E-state index contributed by atoms with van der Waals surface area (Å²) in [6.07, 6.45) is 1.04. The molecule has 0 heterocycles. The molecule has 0 radical (unpaired) electrons. The maximum absolute atomic E-state index is 6.35. The van der Waals surface area contributed by atoms with Crippen LogP contribution in [-0.4, -0.2) is 19.3 Å². The van der Waals surface area contributed by atoms with Crippen LogP contribution >= 0.6 is 0 Å². The predicted molar refractivity (Wildman–Crippen MR) is 128 cm³/mol. The highest BCUT2D eigenvalue weighted by Gasteiger charge is 2.13. The van der Waals surface area contributed by atoms with Crippen molar-refractivity contribution >= 4 is 0 Å². The van der Waals surface area contributed by atoms with E-state index in [0.717, 1.165) is 34.4 Å². The Labute approximate surface area is 185 Å². The Balaban J connectivity index is 1.48. The van der Waals surface area contributed by atoms with E-state index >= 15 is 0 Å². The van der Waals surface area contributed by atoms with Crippen molar-refractivity contribution in [3.63, 3.8) is 0 Å². The zero-order valence-corrected chi connectivity index (χ0v) is 17.9. The number of benzene rings is 4. The molecule has 0 N–H and O–H groups in total. The van der Waals surface area contributed by atoms with Crippen LogP contribution in [-0.2, 0) is 11.2 Å². The fourth-order valence-electron chi connectivity index (χ4n) is 3.78. The van der Waals surface area contributed by atoms with Crippen molar-refractivity contribution in [2.75, 3.05) is 13.2 Å². The van der Waals surface area contributed by atoms with Gasteiger partial charge in [-0.25, -0.2) is 0 Å². The second-order valence-electron chi connectivity index (χ2n) is 7.63. The lowest BCUT2D eigenvalue weighted by Gasteiger charge is -2.18. The molecule has 0 fully saturated rings. The Morgan fingerprint density at radius 3 is 1.65 bits per heavy atom. The highest BCUT2D eigenvalue weighted by atomic mass is 16.5. The van der Waals surface area contributed by atoms with Crippen LogP contribution in [0.5, 0.6) is 5.75 Å². The average molecular weight is 409 g/mol. The van der Waals surface area contributed by atoms with Crippen LogP contribution in [0.2, 0.25) is 0 Å². The summed E-state index contributed by atoms with van der Waals surface area (Å²) in [7, 11) is 0. The molecule has 0 bridgehead atoms. The van der Waals surface area contributed by atoms with E-state index in [-0.39, 0.29) is 6.10 Å².